The number of hydrogen-bond acceptors (Lipinski definition) is 5. The van der Waals surface area contributed by atoms with E-state index in [9.17, 15) is 13.2 Å². The number of hydrogen-bond donors (Lipinski definition) is 4. The van der Waals surface area contributed by atoms with Crippen molar-refractivity contribution in [2.75, 3.05) is 20.1 Å². The van der Waals surface area contributed by atoms with Crippen LogP contribution >= 0.6 is 0 Å². The third kappa shape index (κ3) is 9.93. The van der Waals surface area contributed by atoms with Crippen LogP contribution in [0.25, 0.3) is 0 Å². The Morgan fingerprint density at radius 3 is 2.17 bits per heavy atom. The number of carbonyl (C=O) groups excluding carboxylic acids is 1. The summed E-state index contributed by atoms with van der Waals surface area (Å²) < 4.78 is 33.3. The Morgan fingerprint density at radius 1 is 1.00 bits per heavy atom. The zero-order chi connectivity index (χ0) is 23.0. The van der Waals surface area contributed by atoms with Gasteiger partial charge in [0.1, 0.15) is 5.60 Å². The SMILES string of the molecule is CN=C(NCCNC(=O)OC(C)(C)C)NCc1ccccc1S(=O)(=O)NC(C)(C)C. The van der Waals surface area contributed by atoms with Gasteiger partial charge in [0.2, 0.25) is 10.0 Å². The minimum absolute atomic E-state index is 0.217. The van der Waals surface area contributed by atoms with Crippen molar-refractivity contribution in [3.8, 4) is 0 Å². The van der Waals surface area contributed by atoms with Crippen LogP contribution in [0, 0.1) is 0 Å². The number of benzene rings is 1. The van der Waals surface area contributed by atoms with Gasteiger partial charge in [-0.05, 0) is 53.2 Å². The van der Waals surface area contributed by atoms with Crippen LogP contribution in [0.15, 0.2) is 34.2 Å². The number of alkyl carbamates (subject to hydrolysis) is 1. The Kier molecular flexibility index (Phi) is 9.10. The minimum Gasteiger partial charge on any atom is -0.444 e. The molecule has 0 aliphatic rings. The number of nitrogens with one attached hydrogen (secondary N) is 4. The molecule has 0 saturated heterocycles. The molecule has 0 atom stereocenters. The van der Waals surface area contributed by atoms with Gasteiger partial charge in [-0.15, -0.1) is 0 Å². The lowest BCUT2D eigenvalue weighted by Gasteiger charge is -2.22. The lowest BCUT2D eigenvalue weighted by molar-refractivity contribution is 0.0529. The maximum Gasteiger partial charge on any atom is 0.407 e. The van der Waals surface area contributed by atoms with E-state index in [2.05, 4.69) is 25.7 Å². The molecule has 0 radical (unpaired) electrons. The monoisotopic (exact) mass is 441 g/mol. The number of rotatable bonds is 7. The van der Waals surface area contributed by atoms with Crippen molar-refractivity contribution in [2.45, 2.75) is 64.1 Å². The fourth-order valence-electron chi connectivity index (χ4n) is 2.43. The Bertz CT molecular complexity index is 839. The lowest BCUT2D eigenvalue weighted by Crippen LogP contribution is -2.43. The Hall–Kier alpha value is -2.33. The predicted molar refractivity (Wildman–Crippen MR) is 119 cm³/mol. The number of ether oxygens (including phenoxy) is 1. The maximum atomic E-state index is 12.7. The highest BCUT2D eigenvalue weighted by Crippen LogP contribution is 2.17. The van der Waals surface area contributed by atoms with Gasteiger partial charge in [-0.3, -0.25) is 4.99 Å². The molecule has 0 aliphatic carbocycles. The van der Waals surface area contributed by atoms with Gasteiger partial charge in [0.25, 0.3) is 0 Å². The van der Waals surface area contributed by atoms with Gasteiger partial charge < -0.3 is 20.7 Å². The molecular formula is C20H35N5O4S. The fourth-order valence-corrected chi connectivity index (χ4v) is 4.09. The number of amides is 1. The summed E-state index contributed by atoms with van der Waals surface area (Å²) in [6, 6.07) is 6.80. The smallest absolute Gasteiger partial charge is 0.407 e. The van der Waals surface area contributed by atoms with Crippen LogP contribution in [0.3, 0.4) is 0 Å². The normalized spacial score (nSPS) is 13.0. The summed E-state index contributed by atoms with van der Waals surface area (Å²) in [6.45, 7) is 11.8. The third-order valence-corrected chi connectivity index (χ3v) is 5.32. The molecule has 0 saturated carbocycles. The molecule has 1 rings (SSSR count). The highest BCUT2D eigenvalue weighted by molar-refractivity contribution is 7.89. The van der Waals surface area contributed by atoms with E-state index < -0.39 is 27.3 Å². The number of aliphatic imine (C=N–C) groups is 1. The summed E-state index contributed by atoms with van der Waals surface area (Å²) in [4.78, 5) is 16.0. The quantitative estimate of drug-likeness (QED) is 0.292. The van der Waals surface area contributed by atoms with Crippen molar-refractivity contribution in [2.24, 2.45) is 4.99 Å². The first-order valence-corrected chi connectivity index (χ1v) is 11.2. The highest BCUT2D eigenvalue weighted by Gasteiger charge is 2.24. The first-order chi connectivity index (χ1) is 13.7. The molecule has 0 aromatic heterocycles. The standard InChI is InChI=1S/C20H35N5O4S/c1-19(2,3)25-30(27,28)16-11-9-8-10-15(16)14-24-17(21-7)22-12-13-23-18(26)29-20(4,5)6/h8-11,25H,12-14H2,1-7H3,(H,23,26)(H2,21,22,24). The van der Waals surface area contributed by atoms with Crippen molar-refractivity contribution in [1.29, 1.82) is 0 Å². The second-order valence-electron chi connectivity index (χ2n) is 8.74. The molecule has 0 aliphatic heterocycles. The molecular weight excluding hydrogens is 406 g/mol. The highest BCUT2D eigenvalue weighted by atomic mass is 32.2. The molecule has 0 bridgehead atoms. The van der Waals surface area contributed by atoms with E-state index in [0.29, 0.717) is 24.6 Å². The van der Waals surface area contributed by atoms with Crippen LogP contribution in [-0.2, 0) is 21.3 Å². The molecule has 0 fully saturated rings. The van der Waals surface area contributed by atoms with E-state index in [1.54, 1.807) is 72.9 Å². The van der Waals surface area contributed by atoms with Crippen LogP contribution in [0.5, 0.6) is 0 Å². The van der Waals surface area contributed by atoms with Gasteiger partial charge in [0.15, 0.2) is 5.96 Å². The molecule has 30 heavy (non-hydrogen) atoms. The summed E-state index contributed by atoms with van der Waals surface area (Å²) in [5, 5.41) is 8.80. The zero-order valence-electron chi connectivity index (χ0n) is 18.9. The van der Waals surface area contributed by atoms with Crippen molar-refractivity contribution in [1.82, 2.24) is 20.7 Å². The van der Waals surface area contributed by atoms with Gasteiger partial charge in [0, 0.05) is 32.2 Å². The van der Waals surface area contributed by atoms with Crippen LogP contribution in [0.1, 0.15) is 47.1 Å². The molecule has 0 spiro atoms. The molecule has 0 unspecified atom stereocenters. The van der Waals surface area contributed by atoms with Gasteiger partial charge in [-0.1, -0.05) is 18.2 Å². The van der Waals surface area contributed by atoms with Crippen molar-refractivity contribution >= 4 is 22.1 Å². The van der Waals surface area contributed by atoms with Crippen molar-refractivity contribution < 1.29 is 17.9 Å². The minimum atomic E-state index is -3.66. The predicted octanol–water partition coefficient (Wildman–Crippen LogP) is 1.95. The Balaban J connectivity index is 2.64. The molecule has 1 amide bonds. The number of nitrogens with zero attached hydrogens (tertiary/aromatic N) is 1. The first kappa shape index (κ1) is 25.7. The van der Waals surface area contributed by atoms with E-state index in [0.717, 1.165) is 0 Å². The summed E-state index contributed by atoms with van der Waals surface area (Å²) in [7, 11) is -2.05. The Labute approximate surface area is 180 Å². The summed E-state index contributed by atoms with van der Waals surface area (Å²) in [6.07, 6.45) is -0.488. The molecule has 1 aromatic rings. The largest absolute Gasteiger partial charge is 0.444 e. The molecule has 170 valence electrons. The number of guanidine groups is 1. The summed E-state index contributed by atoms with van der Waals surface area (Å²) in [5.74, 6) is 0.483. The van der Waals surface area contributed by atoms with E-state index in [4.69, 9.17) is 4.74 Å². The maximum absolute atomic E-state index is 12.7. The van der Waals surface area contributed by atoms with Gasteiger partial charge in [-0.2, -0.15) is 0 Å². The molecule has 10 heteroatoms. The first-order valence-electron chi connectivity index (χ1n) is 9.77. The topological polar surface area (TPSA) is 121 Å². The van der Waals surface area contributed by atoms with E-state index in [1.807, 2.05) is 0 Å². The van der Waals surface area contributed by atoms with Crippen LogP contribution < -0.4 is 20.7 Å². The second-order valence-corrected chi connectivity index (χ2v) is 10.4. The average Bonchev–Trinajstić information content (AvgIpc) is 2.57. The molecule has 0 heterocycles. The van der Waals surface area contributed by atoms with E-state index >= 15 is 0 Å². The Morgan fingerprint density at radius 2 is 1.60 bits per heavy atom. The number of sulfonamides is 1. The molecule has 4 N–H and O–H groups in total. The third-order valence-electron chi connectivity index (χ3n) is 3.46. The van der Waals surface area contributed by atoms with Crippen LogP contribution in [0.4, 0.5) is 4.79 Å². The number of carbonyl (C=O) groups is 1. The zero-order valence-corrected chi connectivity index (χ0v) is 19.7. The van der Waals surface area contributed by atoms with Gasteiger partial charge >= 0.3 is 6.09 Å². The molecule has 9 nitrogen and oxygen atoms in total. The molecule has 1 aromatic carbocycles. The van der Waals surface area contributed by atoms with Crippen LogP contribution in [-0.4, -0.2) is 51.7 Å². The summed E-state index contributed by atoms with van der Waals surface area (Å²) >= 11 is 0. The van der Waals surface area contributed by atoms with E-state index in [-0.39, 0.29) is 11.4 Å². The van der Waals surface area contributed by atoms with Crippen molar-refractivity contribution in [3.05, 3.63) is 29.8 Å². The van der Waals surface area contributed by atoms with Crippen molar-refractivity contribution in [3.63, 3.8) is 0 Å². The van der Waals surface area contributed by atoms with E-state index in [1.165, 1.54) is 0 Å². The fraction of sp³-hybridized carbons (Fsp3) is 0.600. The van der Waals surface area contributed by atoms with Crippen LogP contribution in [0.2, 0.25) is 0 Å². The second kappa shape index (κ2) is 10.6. The van der Waals surface area contributed by atoms with Gasteiger partial charge in [0.05, 0.1) is 4.90 Å². The summed E-state index contributed by atoms with van der Waals surface area (Å²) in [5.41, 5.74) is -0.521. The lowest BCUT2D eigenvalue weighted by atomic mass is 10.1. The van der Waals surface area contributed by atoms with Gasteiger partial charge in [-0.25, -0.2) is 17.9 Å². The average molecular weight is 442 g/mol.